The van der Waals surface area contributed by atoms with E-state index in [9.17, 15) is 23.5 Å². The van der Waals surface area contributed by atoms with E-state index in [1.54, 1.807) is 6.92 Å². The first kappa shape index (κ1) is 19.3. The van der Waals surface area contributed by atoms with Gasteiger partial charge in [0, 0.05) is 45.7 Å². The van der Waals surface area contributed by atoms with Crippen LogP contribution in [0.2, 0.25) is 0 Å². The predicted molar refractivity (Wildman–Crippen MR) is 102 cm³/mol. The molecule has 2 aromatic rings. The van der Waals surface area contributed by atoms with E-state index in [0.29, 0.717) is 45.4 Å². The van der Waals surface area contributed by atoms with Crippen molar-refractivity contribution in [2.75, 3.05) is 0 Å². The third kappa shape index (κ3) is 3.53. The van der Waals surface area contributed by atoms with Crippen molar-refractivity contribution in [3.05, 3.63) is 32.3 Å². The summed E-state index contributed by atoms with van der Waals surface area (Å²) in [7, 11) is 0. The summed E-state index contributed by atoms with van der Waals surface area (Å²) >= 11 is 2.43. The van der Waals surface area contributed by atoms with Crippen LogP contribution in [-0.4, -0.2) is 32.1 Å². The highest BCUT2D eigenvalue weighted by atomic mass is 32.1. The largest absolute Gasteiger partial charge is 0.478 e. The lowest BCUT2D eigenvalue weighted by Crippen LogP contribution is -2.24. The number of hydrogen-bond acceptors (Lipinski definition) is 6. The number of alkyl halides is 2. The Morgan fingerprint density at radius 2 is 1.96 bits per heavy atom. The number of carbonyl (C=O) groups is 2. The molecule has 0 bridgehead atoms. The van der Waals surface area contributed by atoms with Crippen LogP contribution in [0.4, 0.5) is 8.78 Å². The SMILES string of the molecule is Cc1nsc(-c2c(CC(=O)C3=C(C(=O)O)CCC3)sc3c2CCC(F)(F)C3)n1. The average molecular weight is 424 g/mol. The number of aryl methyl sites for hydroxylation is 1. The van der Waals surface area contributed by atoms with Crippen LogP contribution in [0.15, 0.2) is 11.1 Å². The summed E-state index contributed by atoms with van der Waals surface area (Å²) in [5, 5.41) is 9.96. The second-order valence-corrected chi connectivity index (χ2v) is 9.14. The number of halogens is 2. The summed E-state index contributed by atoms with van der Waals surface area (Å²) in [5.41, 5.74) is 2.15. The minimum Gasteiger partial charge on any atom is -0.478 e. The van der Waals surface area contributed by atoms with Gasteiger partial charge in [-0.25, -0.2) is 18.6 Å². The fourth-order valence-corrected chi connectivity index (χ4v) is 6.19. The van der Waals surface area contributed by atoms with E-state index in [-0.39, 0.29) is 37.0 Å². The van der Waals surface area contributed by atoms with E-state index in [2.05, 4.69) is 9.36 Å². The van der Waals surface area contributed by atoms with Crippen LogP contribution in [-0.2, 0) is 28.9 Å². The number of allylic oxidation sites excluding steroid dienone is 1. The standard InChI is InChI=1S/C19H18F2N2O3S2/c1-9-22-17(28-23-9)16-12-5-6-19(20,21)8-15(12)27-14(16)7-13(24)10-3-2-4-11(10)18(25)26/h2-8H2,1H3,(H,25,26). The smallest absolute Gasteiger partial charge is 0.331 e. The number of carbonyl (C=O) groups excluding carboxylic acids is 1. The number of aromatic nitrogens is 2. The Balaban J connectivity index is 1.75. The Hall–Kier alpha value is -2.00. The number of carboxylic acid groups (broad SMARTS) is 1. The topological polar surface area (TPSA) is 80.2 Å². The molecule has 2 aliphatic rings. The lowest BCUT2D eigenvalue weighted by molar-refractivity contribution is -0.133. The molecule has 148 valence electrons. The van der Waals surface area contributed by atoms with Crippen LogP contribution in [0.25, 0.3) is 10.6 Å². The van der Waals surface area contributed by atoms with Crippen molar-refractivity contribution in [1.29, 1.82) is 0 Å². The molecule has 0 amide bonds. The van der Waals surface area contributed by atoms with E-state index in [1.165, 1.54) is 22.9 Å². The molecule has 5 nitrogen and oxygen atoms in total. The zero-order valence-electron chi connectivity index (χ0n) is 15.2. The molecule has 1 N–H and O–H groups in total. The third-order valence-corrected chi connectivity index (χ3v) is 7.25. The van der Waals surface area contributed by atoms with Gasteiger partial charge in [0.05, 0.1) is 0 Å². The maximum Gasteiger partial charge on any atom is 0.331 e. The van der Waals surface area contributed by atoms with Gasteiger partial charge in [-0.3, -0.25) is 4.79 Å². The number of thiophene rings is 1. The summed E-state index contributed by atoms with van der Waals surface area (Å²) in [5.74, 6) is -3.42. The maximum absolute atomic E-state index is 13.9. The lowest BCUT2D eigenvalue weighted by Gasteiger charge is -2.21. The minimum absolute atomic E-state index is 0.0172. The van der Waals surface area contributed by atoms with Gasteiger partial charge in [-0.1, -0.05) is 0 Å². The van der Waals surface area contributed by atoms with Gasteiger partial charge in [-0.2, -0.15) is 4.37 Å². The molecule has 28 heavy (non-hydrogen) atoms. The number of nitrogens with zero attached hydrogens (tertiary/aromatic N) is 2. The van der Waals surface area contributed by atoms with Gasteiger partial charge < -0.3 is 5.11 Å². The molecular formula is C19H18F2N2O3S2. The summed E-state index contributed by atoms with van der Waals surface area (Å²) in [6.45, 7) is 1.76. The van der Waals surface area contributed by atoms with Crippen LogP contribution >= 0.6 is 22.9 Å². The van der Waals surface area contributed by atoms with Gasteiger partial charge in [0.1, 0.15) is 10.8 Å². The average Bonchev–Trinajstić information content (AvgIpc) is 3.31. The van der Waals surface area contributed by atoms with Crippen molar-refractivity contribution in [3.63, 3.8) is 0 Å². The van der Waals surface area contributed by atoms with Crippen molar-refractivity contribution in [3.8, 4) is 10.6 Å². The number of rotatable bonds is 5. The molecule has 0 saturated carbocycles. The third-order valence-electron chi connectivity index (χ3n) is 5.20. The molecular weight excluding hydrogens is 406 g/mol. The van der Waals surface area contributed by atoms with Crippen LogP contribution in [0, 0.1) is 6.92 Å². The number of ketones is 1. The summed E-state index contributed by atoms with van der Waals surface area (Å²) in [6, 6.07) is 0. The molecule has 0 aliphatic heterocycles. The van der Waals surface area contributed by atoms with Crippen molar-refractivity contribution in [2.45, 2.75) is 57.8 Å². The molecule has 0 unspecified atom stereocenters. The first-order valence-corrected chi connectivity index (χ1v) is 10.6. The molecule has 4 rings (SSSR count). The number of Topliss-reactive ketones (excluding diaryl/α,β-unsaturated/α-hetero) is 1. The number of hydrogen-bond donors (Lipinski definition) is 1. The van der Waals surface area contributed by atoms with Gasteiger partial charge in [0.15, 0.2) is 5.78 Å². The highest BCUT2D eigenvalue weighted by Crippen LogP contribution is 2.45. The van der Waals surface area contributed by atoms with Gasteiger partial charge >= 0.3 is 5.97 Å². The maximum atomic E-state index is 13.9. The predicted octanol–water partition coefficient (Wildman–Crippen LogP) is 4.38. The van der Waals surface area contributed by atoms with Gasteiger partial charge in [0.2, 0.25) is 0 Å². The fourth-order valence-electron chi connectivity index (χ4n) is 3.92. The molecule has 0 atom stereocenters. The monoisotopic (exact) mass is 424 g/mol. The van der Waals surface area contributed by atoms with Gasteiger partial charge in [-0.15, -0.1) is 11.3 Å². The molecule has 2 aromatic heterocycles. The zero-order chi connectivity index (χ0) is 20.1. The van der Waals surface area contributed by atoms with Crippen molar-refractivity contribution in [1.82, 2.24) is 9.36 Å². The van der Waals surface area contributed by atoms with Crippen molar-refractivity contribution >= 4 is 34.6 Å². The molecule has 0 fully saturated rings. The van der Waals surface area contributed by atoms with Crippen LogP contribution in [0.1, 0.15) is 46.8 Å². The van der Waals surface area contributed by atoms with E-state index < -0.39 is 11.9 Å². The highest BCUT2D eigenvalue weighted by Gasteiger charge is 2.38. The van der Waals surface area contributed by atoms with Crippen molar-refractivity contribution < 1.29 is 23.5 Å². The highest BCUT2D eigenvalue weighted by molar-refractivity contribution is 7.14. The first-order valence-electron chi connectivity index (χ1n) is 9.05. The van der Waals surface area contributed by atoms with Gasteiger partial charge in [0.25, 0.3) is 5.92 Å². The second-order valence-electron chi connectivity index (χ2n) is 7.20. The molecule has 0 saturated heterocycles. The molecule has 2 heterocycles. The Bertz CT molecular complexity index is 1010. The molecule has 0 spiro atoms. The van der Waals surface area contributed by atoms with Crippen LogP contribution in [0.3, 0.4) is 0 Å². The summed E-state index contributed by atoms with van der Waals surface area (Å²) in [6.07, 6.45) is 1.22. The minimum atomic E-state index is -2.74. The van der Waals surface area contributed by atoms with E-state index >= 15 is 0 Å². The quantitative estimate of drug-likeness (QED) is 0.771. The van der Waals surface area contributed by atoms with E-state index in [4.69, 9.17) is 0 Å². The molecule has 2 aliphatic carbocycles. The Morgan fingerprint density at radius 3 is 2.64 bits per heavy atom. The second kappa shape index (κ2) is 7.11. The molecule has 9 heteroatoms. The zero-order valence-corrected chi connectivity index (χ0v) is 16.8. The lowest BCUT2D eigenvalue weighted by atomic mass is 9.91. The fraction of sp³-hybridized carbons (Fsp3) is 0.474. The molecule has 0 aromatic carbocycles. The Kier molecular flexibility index (Phi) is 4.91. The Labute approximate surface area is 168 Å². The normalized spacial score (nSPS) is 18.4. The number of fused-ring (bicyclic) bond motifs is 1. The van der Waals surface area contributed by atoms with E-state index in [1.807, 2.05) is 0 Å². The van der Waals surface area contributed by atoms with Gasteiger partial charge in [-0.05, 0) is 49.7 Å². The first-order chi connectivity index (χ1) is 13.2. The summed E-state index contributed by atoms with van der Waals surface area (Å²) in [4.78, 5) is 29.9. The van der Waals surface area contributed by atoms with E-state index in [0.717, 1.165) is 11.1 Å². The Morgan fingerprint density at radius 1 is 1.21 bits per heavy atom. The number of carboxylic acids is 1. The number of aliphatic carboxylic acids is 1. The molecule has 0 radical (unpaired) electrons. The van der Waals surface area contributed by atoms with Crippen LogP contribution in [0.5, 0.6) is 0 Å². The summed E-state index contributed by atoms with van der Waals surface area (Å²) < 4.78 is 32.0. The van der Waals surface area contributed by atoms with Crippen LogP contribution < -0.4 is 0 Å². The van der Waals surface area contributed by atoms with Crippen molar-refractivity contribution in [2.24, 2.45) is 0 Å².